The highest BCUT2D eigenvalue weighted by atomic mass is 16.2. The Morgan fingerprint density at radius 2 is 2.16 bits per heavy atom. The topological polar surface area (TPSA) is 52.7 Å². The summed E-state index contributed by atoms with van der Waals surface area (Å²) in [5.41, 5.74) is 0. The highest BCUT2D eigenvalue weighted by molar-refractivity contribution is 5.85. The van der Waals surface area contributed by atoms with Gasteiger partial charge in [-0.1, -0.05) is 6.92 Å². The quantitative estimate of drug-likeness (QED) is 0.790. The Morgan fingerprint density at radius 1 is 1.37 bits per heavy atom. The zero-order chi connectivity index (χ0) is 13.8. The number of hydrogen-bond donors (Lipinski definition) is 1. The van der Waals surface area contributed by atoms with Gasteiger partial charge in [-0.3, -0.25) is 9.59 Å². The minimum atomic E-state index is 0.0514. The van der Waals surface area contributed by atoms with Crippen LogP contribution < -0.4 is 5.32 Å². The number of likely N-dealkylation sites (N-methyl/N-ethyl adjacent to an activating group) is 1. The van der Waals surface area contributed by atoms with E-state index in [1.807, 2.05) is 0 Å². The van der Waals surface area contributed by atoms with E-state index in [2.05, 4.69) is 12.2 Å². The first-order valence-corrected chi connectivity index (χ1v) is 7.33. The molecular weight excluding hydrogens is 242 g/mol. The van der Waals surface area contributed by atoms with Crippen molar-refractivity contribution in [1.29, 1.82) is 0 Å². The van der Waals surface area contributed by atoms with Gasteiger partial charge in [-0.25, -0.2) is 0 Å². The maximum Gasteiger partial charge on any atom is 0.241 e. The number of amides is 2. The molecule has 108 valence electrons. The Balaban J connectivity index is 1.89. The number of hydrogen-bond acceptors (Lipinski definition) is 3. The summed E-state index contributed by atoms with van der Waals surface area (Å²) in [5.74, 6) is 0.716. The minimum Gasteiger partial charge on any atom is -0.344 e. The van der Waals surface area contributed by atoms with E-state index in [0.29, 0.717) is 18.9 Å². The van der Waals surface area contributed by atoms with E-state index in [0.717, 1.165) is 19.5 Å². The van der Waals surface area contributed by atoms with Crippen LogP contribution in [0.4, 0.5) is 0 Å². The van der Waals surface area contributed by atoms with Crippen molar-refractivity contribution in [2.75, 3.05) is 33.2 Å². The van der Waals surface area contributed by atoms with Gasteiger partial charge < -0.3 is 15.1 Å². The van der Waals surface area contributed by atoms with Gasteiger partial charge in [0, 0.05) is 32.6 Å². The molecule has 2 fully saturated rings. The molecular formula is C14H25N3O2. The second kappa shape index (κ2) is 6.37. The molecule has 2 unspecified atom stereocenters. The third-order valence-electron chi connectivity index (χ3n) is 4.35. The molecule has 0 aromatic heterocycles. The van der Waals surface area contributed by atoms with Crippen molar-refractivity contribution in [3.8, 4) is 0 Å². The molecule has 0 aromatic carbocycles. The van der Waals surface area contributed by atoms with Crippen molar-refractivity contribution in [3.63, 3.8) is 0 Å². The molecule has 0 aliphatic carbocycles. The van der Waals surface area contributed by atoms with E-state index >= 15 is 0 Å². The predicted molar refractivity (Wildman–Crippen MR) is 73.6 cm³/mol. The predicted octanol–water partition coefficient (Wildman–Crippen LogP) is 0.455. The van der Waals surface area contributed by atoms with Crippen LogP contribution in [0.15, 0.2) is 0 Å². The maximum atomic E-state index is 12.3. The van der Waals surface area contributed by atoms with Gasteiger partial charge in [0.15, 0.2) is 0 Å². The highest BCUT2D eigenvalue weighted by Crippen LogP contribution is 2.19. The Bertz CT molecular complexity index is 346. The lowest BCUT2D eigenvalue weighted by atomic mass is 9.90. The molecule has 0 radical (unpaired) electrons. The van der Waals surface area contributed by atoms with Crippen molar-refractivity contribution >= 4 is 11.8 Å². The zero-order valence-corrected chi connectivity index (χ0v) is 12.0. The van der Waals surface area contributed by atoms with Gasteiger partial charge in [0.2, 0.25) is 11.8 Å². The number of nitrogens with one attached hydrogen (secondary N) is 1. The third kappa shape index (κ3) is 3.69. The lowest BCUT2D eigenvalue weighted by Crippen LogP contribution is -2.45. The largest absolute Gasteiger partial charge is 0.344 e. The standard InChI is InChI=1S/C14H25N3O2/c1-11-5-3-6-15-12(11)9-13(18)17-8-4-7-16(2)14(19)10-17/h11-12,15H,3-10H2,1-2H3. The van der Waals surface area contributed by atoms with Gasteiger partial charge in [0.05, 0.1) is 6.54 Å². The first-order valence-electron chi connectivity index (χ1n) is 7.33. The summed E-state index contributed by atoms with van der Waals surface area (Å²) in [6, 6.07) is 0.275. The SMILES string of the molecule is CC1CCCNC1CC(=O)N1CCCN(C)C(=O)C1. The average molecular weight is 267 g/mol. The van der Waals surface area contributed by atoms with Crippen molar-refractivity contribution in [3.05, 3.63) is 0 Å². The summed E-state index contributed by atoms with van der Waals surface area (Å²) in [5, 5.41) is 3.43. The van der Waals surface area contributed by atoms with Crippen molar-refractivity contribution < 1.29 is 9.59 Å². The summed E-state index contributed by atoms with van der Waals surface area (Å²) in [4.78, 5) is 27.6. The van der Waals surface area contributed by atoms with Crippen LogP contribution in [0.2, 0.25) is 0 Å². The fourth-order valence-corrected chi connectivity index (χ4v) is 2.90. The van der Waals surface area contributed by atoms with Crippen LogP contribution in [0.1, 0.15) is 32.6 Å². The Hall–Kier alpha value is -1.10. The molecule has 2 atom stereocenters. The molecule has 0 saturated carbocycles. The summed E-state index contributed by atoms with van der Waals surface area (Å²) >= 11 is 0. The molecule has 2 aliphatic heterocycles. The van der Waals surface area contributed by atoms with Gasteiger partial charge in [0.1, 0.15) is 0 Å². The molecule has 2 heterocycles. The Labute approximate surface area is 115 Å². The lowest BCUT2D eigenvalue weighted by Gasteiger charge is -2.31. The van der Waals surface area contributed by atoms with Crippen LogP contribution in [-0.4, -0.2) is 60.9 Å². The fraction of sp³-hybridized carbons (Fsp3) is 0.857. The normalized spacial score (nSPS) is 29.3. The third-order valence-corrected chi connectivity index (χ3v) is 4.35. The number of nitrogens with zero attached hydrogens (tertiary/aromatic N) is 2. The first kappa shape index (κ1) is 14.3. The average Bonchev–Trinajstić information content (AvgIpc) is 2.55. The van der Waals surface area contributed by atoms with Gasteiger partial charge in [-0.05, 0) is 31.7 Å². The molecule has 1 N–H and O–H groups in total. The van der Waals surface area contributed by atoms with Crippen LogP contribution in [-0.2, 0) is 9.59 Å². The molecule has 2 rings (SSSR count). The molecule has 0 bridgehead atoms. The molecule has 2 amide bonds. The number of rotatable bonds is 2. The summed E-state index contributed by atoms with van der Waals surface area (Å²) in [6.45, 7) is 4.91. The highest BCUT2D eigenvalue weighted by Gasteiger charge is 2.28. The van der Waals surface area contributed by atoms with Crippen molar-refractivity contribution in [2.24, 2.45) is 5.92 Å². The molecule has 0 aromatic rings. The molecule has 0 spiro atoms. The van der Waals surface area contributed by atoms with Crippen molar-refractivity contribution in [1.82, 2.24) is 15.1 Å². The maximum absolute atomic E-state index is 12.3. The minimum absolute atomic E-state index is 0.0514. The molecule has 19 heavy (non-hydrogen) atoms. The summed E-state index contributed by atoms with van der Waals surface area (Å²) in [6.07, 6.45) is 3.78. The van der Waals surface area contributed by atoms with Crippen LogP contribution in [0.3, 0.4) is 0 Å². The van der Waals surface area contributed by atoms with Gasteiger partial charge >= 0.3 is 0 Å². The summed E-state index contributed by atoms with van der Waals surface area (Å²) in [7, 11) is 1.81. The lowest BCUT2D eigenvalue weighted by molar-refractivity contribution is -0.138. The fourth-order valence-electron chi connectivity index (χ4n) is 2.90. The molecule has 5 heteroatoms. The summed E-state index contributed by atoms with van der Waals surface area (Å²) < 4.78 is 0. The number of piperidine rings is 1. The van der Waals surface area contributed by atoms with Crippen LogP contribution >= 0.6 is 0 Å². The van der Waals surface area contributed by atoms with Crippen molar-refractivity contribution in [2.45, 2.75) is 38.6 Å². The van der Waals surface area contributed by atoms with Crippen LogP contribution in [0.25, 0.3) is 0 Å². The van der Waals surface area contributed by atoms with E-state index in [4.69, 9.17) is 0 Å². The number of carbonyl (C=O) groups is 2. The van der Waals surface area contributed by atoms with E-state index in [1.54, 1.807) is 16.8 Å². The van der Waals surface area contributed by atoms with Crippen LogP contribution in [0.5, 0.6) is 0 Å². The van der Waals surface area contributed by atoms with E-state index in [-0.39, 0.29) is 24.4 Å². The smallest absolute Gasteiger partial charge is 0.241 e. The van der Waals surface area contributed by atoms with E-state index < -0.39 is 0 Å². The monoisotopic (exact) mass is 267 g/mol. The second-order valence-electron chi connectivity index (χ2n) is 5.87. The van der Waals surface area contributed by atoms with E-state index in [1.165, 1.54) is 12.8 Å². The Kier molecular flexibility index (Phi) is 4.80. The van der Waals surface area contributed by atoms with Gasteiger partial charge in [0.25, 0.3) is 0 Å². The van der Waals surface area contributed by atoms with Gasteiger partial charge in [-0.15, -0.1) is 0 Å². The van der Waals surface area contributed by atoms with Gasteiger partial charge in [-0.2, -0.15) is 0 Å². The Morgan fingerprint density at radius 3 is 2.89 bits per heavy atom. The molecule has 5 nitrogen and oxygen atoms in total. The van der Waals surface area contributed by atoms with Crippen LogP contribution in [0, 0.1) is 5.92 Å². The van der Waals surface area contributed by atoms with E-state index in [9.17, 15) is 9.59 Å². The number of carbonyl (C=O) groups excluding carboxylic acids is 2. The second-order valence-corrected chi connectivity index (χ2v) is 5.87. The first-order chi connectivity index (χ1) is 9.08. The molecule has 2 aliphatic rings. The molecule has 2 saturated heterocycles. The zero-order valence-electron chi connectivity index (χ0n) is 12.0.